The summed E-state index contributed by atoms with van der Waals surface area (Å²) in [5.74, 6) is 1.53. The summed E-state index contributed by atoms with van der Waals surface area (Å²) < 4.78 is 11.0. The lowest BCUT2D eigenvalue weighted by molar-refractivity contribution is -0.147. The molecule has 2 saturated carbocycles. The monoisotopic (exact) mass is 316 g/mol. The van der Waals surface area contributed by atoms with Gasteiger partial charge in [-0.2, -0.15) is 0 Å². The Morgan fingerprint density at radius 2 is 1.70 bits per heavy atom. The van der Waals surface area contributed by atoms with E-state index in [9.17, 15) is 4.79 Å². The number of rotatable bonds is 5. The van der Waals surface area contributed by atoms with Gasteiger partial charge in [-0.15, -0.1) is 0 Å². The fourth-order valence-corrected chi connectivity index (χ4v) is 4.22. The van der Waals surface area contributed by atoms with E-state index in [1.807, 2.05) is 12.1 Å². The molecular formula is C20H28O3. The van der Waals surface area contributed by atoms with Crippen LogP contribution in [0.25, 0.3) is 0 Å². The largest absolute Gasteiger partial charge is 0.493 e. The van der Waals surface area contributed by atoms with Crippen LogP contribution in [-0.4, -0.2) is 19.7 Å². The number of carbonyl (C=O) groups is 1. The van der Waals surface area contributed by atoms with Crippen LogP contribution in [0.3, 0.4) is 0 Å². The minimum Gasteiger partial charge on any atom is -0.493 e. The number of ether oxygens (including phenoxy) is 2. The summed E-state index contributed by atoms with van der Waals surface area (Å²) in [5, 5.41) is 0. The van der Waals surface area contributed by atoms with Crippen molar-refractivity contribution in [2.24, 2.45) is 5.92 Å². The lowest BCUT2D eigenvalue weighted by Gasteiger charge is -2.26. The predicted molar refractivity (Wildman–Crippen MR) is 90.7 cm³/mol. The highest BCUT2D eigenvalue weighted by Crippen LogP contribution is 2.42. The maximum Gasteiger partial charge on any atom is 0.316 e. The van der Waals surface area contributed by atoms with Crippen LogP contribution in [0.2, 0.25) is 0 Å². The molecule has 0 aromatic heterocycles. The summed E-state index contributed by atoms with van der Waals surface area (Å²) in [7, 11) is 1.49. The van der Waals surface area contributed by atoms with Gasteiger partial charge in [0.25, 0.3) is 0 Å². The first-order chi connectivity index (χ1) is 11.2. The van der Waals surface area contributed by atoms with Gasteiger partial charge in [0.05, 0.1) is 19.1 Å². The Balaban J connectivity index is 1.65. The normalized spacial score (nSPS) is 21.1. The molecule has 0 amide bonds. The van der Waals surface area contributed by atoms with E-state index in [0.29, 0.717) is 5.92 Å². The third kappa shape index (κ3) is 3.54. The first kappa shape index (κ1) is 16.4. The molecule has 3 heteroatoms. The van der Waals surface area contributed by atoms with Crippen molar-refractivity contribution in [3.8, 4) is 5.75 Å². The van der Waals surface area contributed by atoms with Gasteiger partial charge in [-0.3, -0.25) is 4.79 Å². The Hall–Kier alpha value is -1.51. The van der Waals surface area contributed by atoms with Gasteiger partial charge < -0.3 is 9.47 Å². The second-order valence-corrected chi connectivity index (χ2v) is 7.12. The number of carbonyl (C=O) groups excluding carboxylic acids is 1. The van der Waals surface area contributed by atoms with E-state index < -0.39 is 5.41 Å². The molecule has 2 fully saturated rings. The van der Waals surface area contributed by atoms with Gasteiger partial charge in [0.1, 0.15) is 5.75 Å². The first-order valence-electron chi connectivity index (χ1n) is 9.06. The zero-order valence-corrected chi connectivity index (χ0v) is 14.2. The number of hydrogen-bond donors (Lipinski definition) is 0. The molecule has 3 rings (SSSR count). The van der Waals surface area contributed by atoms with Crippen molar-refractivity contribution in [2.45, 2.75) is 63.2 Å². The van der Waals surface area contributed by atoms with Crippen LogP contribution >= 0.6 is 0 Å². The Morgan fingerprint density at radius 1 is 1.04 bits per heavy atom. The Bertz CT molecular complexity index is 508. The third-order valence-electron chi connectivity index (χ3n) is 5.65. The molecule has 3 nitrogen and oxygen atoms in total. The fraction of sp³-hybridized carbons (Fsp3) is 0.650. The van der Waals surface area contributed by atoms with Gasteiger partial charge in [0, 0.05) is 0 Å². The predicted octanol–water partition coefficient (Wildman–Crippen LogP) is 4.63. The third-order valence-corrected chi connectivity index (χ3v) is 5.65. The van der Waals surface area contributed by atoms with Gasteiger partial charge >= 0.3 is 5.97 Å². The summed E-state index contributed by atoms with van der Waals surface area (Å²) >= 11 is 0. The second kappa shape index (κ2) is 7.37. The van der Waals surface area contributed by atoms with Crippen LogP contribution in [0, 0.1) is 5.92 Å². The first-order valence-corrected chi connectivity index (χ1v) is 9.06. The van der Waals surface area contributed by atoms with Crippen LogP contribution in [0.1, 0.15) is 63.4 Å². The summed E-state index contributed by atoms with van der Waals surface area (Å²) in [5.41, 5.74) is 0.642. The van der Waals surface area contributed by atoms with E-state index in [2.05, 4.69) is 12.1 Å². The van der Waals surface area contributed by atoms with Crippen molar-refractivity contribution in [2.75, 3.05) is 13.7 Å². The molecule has 0 aliphatic heterocycles. The SMILES string of the molecule is COC(=O)C1(c2ccc(OCC3CCCCC3)cc2)CCCC1. The average Bonchev–Trinajstić information content (AvgIpc) is 3.11. The molecule has 0 bridgehead atoms. The molecular weight excluding hydrogens is 288 g/mol. The smallest absolute Gasteiger partial charge is 0.316 e. The van der Waals surface area contributed by atoms with Crippen LogP contribution in [0.4, 0.5) is 0 Å². The zero-order valence-electron chi connectivity index (χ0n) is 14.2. The molecule has 0 N–H and O–H groups in total. The van der Waals surface area contributed by atoms with Crippen molar-refractivity contribution >= 4 is 5.97 Å². The van der Waals surface area contributed by atoms with Gasteiger partial charge in [0.15, 0.2) is 0 Å². The topological polar surface area (TPSA) is 35.5 Å². The molecule has 0 heterocycles. The van der Waals surface area contributed by atoms with E-state index in [1.165, 1.54) is 39.2 Å². The van der Waals surface area contributed by atoms with Crippen LogP contribution in [-0.2, 0) is 14.9 Å². The van der Waals surface area contributed by atoms with Crippen molar-refractivity contribution in [1.82, 2.24) is 0 Å². The van der Waals surface area contributed by atoms with Gasteiger partial charge in [-0.25, -0.2) is 0 Å². The summed E-state index contributed by atoms with van der Waals surface area (Å²) in [6, 6.07) is 8.14. The van der Waals surface area contributed by atoms with Crippen LogP contribution in [0.15, 0.2) is 24.3 Å². The minimum atomic E-state index is -0.434. The minimum absolute atomic E-state index is 0.0918. The maximum atomic E-state index is 12.3. The molecule has 0 radical (unpaired) electrons. The Kier molecular flexibility index (Phi) is 5.24. The highest BCUT2D eigenvalue weighted by Gasteiger charge is 2.43. The number of benzene rings is 1. The Morgan fingerprint density at radius 3 is 2.30 bits per heavy atom. The van der Waals surface area contributed by atoms with E-state index >= 15 is 0 Å². The number of hydrogen-bond acceptors (Lipinski definition) is 3. The molecule has 126 valence electrons. The van der Waals surface area contributed by atoms with Crippen molar-refractivity contribution in [3.63, 3.8) is 0 Å². The summed E-state index contributed by atoms with van der Waals surface area (Å²) in [6.07, 6.45) is 10.6. The van der Waals surface area contributed by atoms with Crippen LogP contribution < -0.4 is 4.74 Å². The number of esters is 1. The maximum absolute atomic E-state index is 12.3. The molecule has 0 atom stereocenters. The van der Waals surface area contributed by atoms with E-state index in [1.54, 1.807) is 0 Å². The molecule has 23 heavy (non-hydrogen) atoms. The summed E-state index contributed by atoms with van der Waals surface area (Å²) in [6.45, 7) is 0.821. The lowest BCUT2D eigenvalue weighted by atomic mass is 9.79. The average molecular weight is 316 g/mol. The zero-order chi connectivity index (χ0) is 16.1. The molecule has 0 saturated heterocycles. The fourth-order valence-electron chi connectivity index (χ4n) is 4.22. The highest BCUT2D eigenvalue weighted by molar-refractivity contribution is 5.83. The van der Waals surface area contributed by atoms with E-state index in [4.69, 9.17) is 9.47 Å². The highest BCUT2D eigenvalue weighted by atomic mass is 16.5. The van der Waals surface area contributed by atoms with Gasteiger partial charge in [0.2, 0.25) is 0 Å². The Labute approximate surface area is 139 Å². The summed E-state index contributed by atoms with van der Waals surface area (Å²) in [4.78, 5) is 12.3. The molecule has 0 spiro atoms. The molecule has 2 aliphatic rings. The lowest BCUT2D eigenvalue weighted by Crippen LogP contribution is -2.33. The van der Waals surface area contributed by atoms with E-state index in [-0.39, 0.29) is 5.97 Å². The molecule has 2 aliphatic carbocycles. The molecule has 1 aromatic carbocycles. The molecule has 0 unspecified atom stereocenters. The van der Waals surface area contributed by atoms with E-state index in [0.717, 1.165) is 43.6 Å². The van der Waals surface area contributed by atoms with Crippen LogP contribution in [0.5, 0.6) is 5.75 Å². The van der Waals surface area contributed by atoms with Gasteiger partial charge in [-0.1, -0.05) is 44.2 Å². The second-order valence-electron chi connectivity index (χ2n) is 7.12. The van der Waals surface area contributed by atoms with Crippen molar-refractivity contribution in [1.29, 1.82) is 0 Å². The standard InChI is InChI=1S/C20H28O3/c1-22-19(21)20(13-5-6-14-20)17-9-11-18(12-10-17)23-15-16-7-3-2-4-8-16/h9-12,16H,2-8,13-15H2,1H3. The molecule has 1 aromatic rings. The van der Waals surface area contributed by atoms with Crippen molar-refractivity contribution < 1.29 is 14.3 Å². The van der Waals surface area contributed by atoms with Crippen molar-refractivity contribution in [3.05, 3.63) is 29.8 Å². The number of methoxy groups -OCH3 is 1. The quantitative estimate of drug-likeness (QED) is 0.743. The van der Waals surface area contributed by atoms with Gasteiger partial charge in [-0.05, 0) is 49.3 Å².